The molecule has 0 saturated heterocycles. The Labute approximate surface area is 102 Å². The molecule has 96 valence electrons. The second-order valence-corrected chi connectivity index (χ2v) is 8.20. The third-order valence-electron chi connectivity index (χ3n) is 3.01. The lowest BCUT2D eigenvalue weighted by Crippen LogP contribution is -2.68. The zero-order valence-electron chi connectivity index (χ0n) is 11.4. The second-order valence-electron chi connectivity index (χ2n) is 5.69. The molecule has 0 radical (unpaired) electrons. The lowest BCUT2D eigenvalue weighted by molar-refractivity contribution is 0.166. The van der Waals surface area contributed by atoms with Crippen LogP contribution in [-0.2, 0) is 0 Å². The Hall–Kier alpha value is 0.0569. The summed E-state index contributed by atoms with van der Waals surface area (Å²) in [5.41, 5.74) is 3.81. The fraction of sp³-hybridized carbons (Fsp3) is 1.00. The highest BCUT2D eigenvalue weighted by Gasteiger charge is 2.31. The molecule has 0 spiro atoms. The monoisotopic (exact) mass is 244 g/mol. The summed E-state index contributed by atoms with van der Waals surface area (Å²) in [7, 11) is 2.87. The quantitative estimate of drug-likeness (QED) is 0.492. The fourth-order valence-corrected chi connectivity index (χ4v) is 4.44. The van der Waals surface area contributed by atoms with Crippen molar-refractivity contribution in [3.63, 3.8) is 0 Å². The predicted molar refractivity (Wildman–Crippen MR) is 72.3 cm³/mol. The number of nitrogens with one attached hydrogen (secondary N) is 3. The van der Waals surface area contributed by atoms with Gasteiger partial charge in [-0.3, -0.25) is 5.43 Å². The molecule has 0 aliphatic heterocycles. The molecule has 0 aromatic carbocycles. The van der Waals surface area contributed by atoms with Crippen molar-refractivity contribution in [2.75, 3.05) is 14.1 Å². The van der Waals surface area contributed by atoms with Gasteiger partial charge in [0.1, 0.15) is 0 Å². The maximum Gasteiger partial charge on any atom is 0.280 e. The zero-order chi connectivity index (χ0) is 12.2. The van der Waals surface area contributed by atoms with Gasteiger partial charge >= 0.3 is 0 Å². The summed E-state index contributed by atoms with van der Waals surface area (Å²) in [5.74, 6) is 0. The number of hydrazine groups is 1. The van der Waals surface area contributed by atoms with Gasteiger partial charge < -0.3 is 9.96 Å². The Morgan fingerprint density at radius 3 is 1.94 bits per heavy atom. The molecule has 4 nitrogen and oxygen atoms in total. The third kappa shape index (κ3) is 4.14. The van der Waals surface area contributed by atoms with Crippen LogP contribution < -0.4 is 15.4 Å². The molecule has 16 heavy (non-hydrogen) atoms. The van der Waals surface area contributed by atoms with Crippen molar-refractivity contribution in [2.24, 2.45) is 0 Å². The highest BCUT2D eigenvalue weighted by atomic mass is 28.3. The van der Waals surface area contributed by atoms with Crippen LogP contribution in [0.25, 0.3) is 0 Å². The summed E-state index contributed by atoms with van der Waals surface area (Å²) in [5, 5.41) is 0. The molecule has 0 unspecified atom stereocenters. The Bertz CT molecular complexity index is 193. The van der Waals surface area contributed by atoms with Gasteiger partial charge in [-0.05, 0) is 47.7 Å². The van der Waals surface area contributed by atoms with Gasteiger partial charge in [0.05, 0.1) is 0 Å². The van der Waals surface area contributed by atoms with Crippen molar-refractivity contribution >= 4 is 9.28 Å². The molecule has 5 heteroatoms. The van der Waals surface area contributed by atoms with Crippen molar-refractivity contribution in [3.8, 4) is 0 Å². The minimum absolute atomic E-state index is 0.140. The highest BCUT2D eigenvalue weighted by molar-refractivity contribution is 6.49. The SMILES string of the molecule is CN[SiH](NC)N(NC(C)(C)C)C1CCCC1. The Balaban J connectivity index is 2.67. The van der Waals surface area contributed by atoms with Crippen LogP contribution >= 0.6 is 0 Å². The Morgan fingerprint density at radius 1 is 1.06 bits per heavy atom. The molecule has 1 aliphatic carbocycles. The summed E-state index contributed by atoms with van der Waals surface area (Å²) in [6.07, 6.45) is 5.41. The minimum atomic E-state index is -1.24. The van der Waals surface area contributed by atoms with Crippen molar-refractivity contribution in [2.45, 2.75) is 58.0 Å². The standard InChI is InChI=1S/C11H28N4Si/c1-11(2,3)14-15(16(12-4)13-5)10-8-6-7-9-10/h10,12-14,16H,6-9H2,1-5H3. The summed E-state index contributed by atoms with van der Waals surface area (Å²) in [4.78, 5) is 6.88. The van der Waals surface area contributed by atoms with E-state index in [9.17, 15) is 0 Å². The molecule has 3 N–H and O–H groups in total. The first kappa shape index (κ1) is 14.1. The van der Waals surface area contributed by atoms with Gasteiger partial charge in [0.2, 0.25) is 0 Å². The van der Waals surface area contributed by atoms with E-state index in [4.69, 9.17) is 0 Å². The molecule has 0 amide bonds. The molecular weight excluding hydrogens is 216 g/mol. The molecule has 0 aromatic rings. The van der Waals surface area contributed by atoms with E-state index in [1.807, 2.05) is 0 Å². The van der Waals surface area contributed by atoms with Gasteiger partial charge in [0.25, 0.3) is 9.28 Å². The lowest BCUT2D eigenvalue weighted by Gasteiger charge is -2.40. The van der Waals surface area contributed by atoms with E-state index in [2.05, 4.69) is 54.9 Å². The van der Waals surface area contributed by atoms with Gasteiger partial charge in [0, 0.05) is 11.6 Å². The number of rotatable bonds is 5. The molecule has 1 aliphatic rings. The van der Waals surface area contributed by atoms with Crippen LogP contribution in [0, 0.1) is 0 Å². The van der Waals surface area contributed by atoms with Gasteiger partial charge in [-0.2, -0.15) is 0 Å². The first-order valence-corrected chi connectivity index (χ1v) is 8.05. The molecule has 0 heterocycles. The first-order chi connectivity index (χ1) is 7.48. The van der Waals surface area contributed by atoms with Crippen molar-refractivity contribution in [3.05, 3.63) is 0 Å². The normalized spacial score (nSPS) is 18.9. The van der Waals surface area contributed by atoms with E-state index < -0.39 is 9.28 Å². The van der Waals surface area contributed by atoms with Crippen molar-refractivity contribution < 1.29 is 0 Å². The van der Waals surface area contributed by atoms with E-state index >= 15 is 0 Å². The number of hydrogen-bond acceptors (Lipinski definition) is 4. The van der Waals surface area contributed by atoms with E-state index in [1.54, 1.807) is 0 Å². The molecule has 1 saturated carbocycles. The first-order valence-electron chi connectivity index (χ1n) is 6.38. The lowest BCUT2D eigenvalue weighted by atomic mass is 10.1. The molecule has 0 bridgehead atoms. The van der Waals surface area contributed by atoms with Crippen LogP contribution in [0.4, 0.5) is 0 Å². The molecule has 0 aromatic heterocycles. The van der Waals surface area contributed by atoms with Gasteiger partial charge in [0.15, 0.2) is 0 Å². The Morgan fingerprint density at radius 2 is 1.56 bits per heavy atom. The summed E-state index contributed by atoms with van der Waals surface area (Å²) in [6.45, 7) is 6.68. The van der Waals surface area contributed by atoms with Crippen LogP contribution in [0.5, 0.6) is 0 Å². The fourth-order valence-electron chi connectivity index (χ4n) is 2.36. The van der Waals surface area contributed by atoms with E-state index in [0.29, 0.717) is 6.04 Å². The maximum absolute atomic E-state index is 3.67. The van der Waals surface area contributed by atoms with Crippen LogP contribution in [0.15, 0.2) is 0 Å². The smallest absolute Gasteiger partial charge is 0.280 e. The van der Waals surface area contributed by atoms with Crippen molar-refractivity contribution in [1.29, 1.82) is 0 Å². The van der Waals surface area contributed by atoms with Crippen LogP contribution in [0.3, 0.4) is 0 Å². The topological polar surface area (TPSA) is 39.3 Å². The zero-order valence-corrected chi connectivity index (χ0v) is 12.6. The van der Waals surface area contributed by atoms with E-state index in [1.165, 1.54) is 25.7 Å². The van der Waals surface area contributed by atoms with Crippen LogP contribution in [-0.4, -0.2) is 39.6 Å². The summed E-state index contributed by atoms with van der Waals surface area (Å²) in [6, 6.07) is 0.704. The van der Waals surface area contributed by atoms with Gasteiger partial charge in [-0.25, -0.2) is 4.67 Å². The highest BCUT2D eigenvalue weighted by Crippen LogP contribution is 2.23. The van der Waals surface area contributed by atoms with Crippen LogP contribution in [0.1, 0.15) is 46.5 Å². The average Bonchev–Trinajstić information content (AvgIpc) is 2.68. The molecule has 1 rings (SSSR count). The Kier molecular flexibility index (Phi) is 5.40. The number of nitrogens with zero attached hydrogens (tertiary/aromatic N) is 1. The second kappa shape index (κ2) is 6.12. The van der Waals surface area contributed by atoms with Gasteiger partial charge in [-0.1, -0.05) is 12.8 Å². The van der Waals surface area contributed by atoms with Gasteiger partial charge in [-0.15, -0.1) is 0 Å². The largest absolute Gasteiger partial charge is 0.318 e. The minimum Gasteiger partial charge on any atom is -0.318 e. The third-order valence-corrected chi connectivity index (χ3v) is 5.21. The summed E-state index contributed by atoms with van der Waals surface area (Å²) < 4.78 is 2.49. The molecule has 0 atom stereocenters. The molecular formula is C11H28N4Si. The predicted octanol–water partition coefficient (Wildman–Crippen LogP) is 0.690. The summed E-state index contributed by atoms with van der Waals surface area (Å²) >= 11 is 0. The van der Waals surface area contributed by atoms with E-state index in [-0.39, 0.29) is 5.54 Å². The van der Waals surface area contributed by atoms with E-state index in [0.717, 1.165) is 0 Å². The average molecular weight is 244 g/mol. The van der Waals surface area contributed by atoms with Crippen LogP contribution in [0.2, 0.25) is 0 Å². The maximum atomic E-state index is 3.67. The number of hydrogen-bond donors (Lipinski definition) is 3. The van der Waals surface area contributed by atoms with Crippen molar-refractivity contribution in [1.82, 2.24) is 20.1 Å². The molecule has 1 fully saturated rings.